The van der Waals surface area contributed by atoms with Crippen LogP contribution in [0.3, 0.4) is 0 Å². The second-order valence-corrected chi connectivity index (χ2v) is 5.53. The molecular formula is C15H18N2O4. The van der Waals surface area contributed by atoms with Crippen LogP contribution in [-0.2, 0) is 9.59 Å². The first kappa shape index (κ1) is 15.0. The summed E-state index contributed by atoms with van der Waals surface area (Å²) in [6.07, 6.45) is 1.02. The van der Waals surface area contributed by atoms with Crippen LogP contribution in [0, 0.1) is 17.8 Å². The number of rotatable bonds is 4. The second-order valence-electron chi connectivity index (χ2n) is 5.53. The lowest BCUT2D eigenvalue weighted by Gasteiger charge is -2.16. The van der Waals surface area contributed by atoms with Gasteiger partial charge in [-0.15, -0.1) is 0 Å². The molecule has 0 heterocycles. The topological polar surface area (TPSA) is 109 Å². The van der Waals surface area contributed by atoms with E-state index in [1.807, 2.05) is 6.92 Å². The van der Waals surface area contributed by atoms with Crippen LogP contribution in [0.5, 0.6) is 0 Å². The van der Waals surface area contributed by atoms with Crippen molar-refractivity contribution in [1.29, 1.82) is 0 Å². The van der Waals surface area contributed by atoms with E-state index < -0.39 is 23.7 Å². The van der Waals surface area contributed by atoms with E-state index in [1.54, 1.807) is 18.2 Å². The fourth-order valence-electron chi connectivity index (χ4n) is 2.89. The summed E-state index contributed by atoms with van der Waals surface area (Å²) in [7, 11) is 0. The molecule has 6 nitrogen and oxygen atoms in total. The van der Waals surface area contributed by atoms with Crippen LogP contribution in [0.25, 0.3) is 0 Å². The highest BCUT2D eigenvalue weighted by atomic mass is 16.4. The first-order valence-corrected chi connectivity index (χ1v) is 6.82. The van der Waals surface area contributed by atoms with Crippen molar-refractivity contribution in [2.45, 2.75) is 19.8 Å². The second kappa shape index (κ2) is 5.95. The third kappa shape index (κ3) is 3.21. The number of carboxylic acids is 1. The van der Waals surface area contributed by atoms with Crippen molar-refractivity contribution < 1.29 is 19.5 Å². The molecule has 1 fully saturated rings. The highest BCUT2D eigenvalue weighted by molar-refractivity contribution is 6.04. The Morgan fingerprint density at radius 3 is 2.43 bits per heavy atom. The van der Waals surface area contributed by atoms with Gasteiger partial charge < -0.3 is 16.2 Å². The summed E-state index contributed by atoms with van der Waals surface area (Å²) < 4.78 is 0. The van der Waals surface area contributed by atoms with Crippen molar-refractivity contribution >= 4 is 23.5 Å². The van der Waals surface area contributed by atoms with E-state index in [4.69, 9.17) is 5.73 Å². The first-order valence-electron chi connectivity index (χ1n) is 6.82. The number of carbonyl (C=O) groups excluding carboxylic acids is 2. The molecule has 0 saturated heterocycles. The standard InChI is InChI=1S/C15H18N2O4/c1-8-6-10(11(7-8)15(20)21)14(19)17-12-5-3-2-4-9(12)13(16)18/h2-5,8,10-11H,6-7H2,1H3,(H2,16,18)(H,17,19)(H,20,21)/t8?,10-,11+/m0/s1. The summed E-state index contributed by atoms with van der Waals surface area (Å²) in [6.45, 7) is 1.93. The maximum Gasteiger partial charge on any atom is 0.307 e. The predicted molar refractivity (Wildman–Crippen MR) is 76.6 cm³/mol. The monoisotopic (exact) mass is 290 g/mol. The van der Waals surface area contributed by atoms with Crippen molar-refractivity contribution in [3.05, 3.63) is 29.8 Å². The number of anilines is 1. The van der Waals surface area contributed by atoms with Crippen molar-refractivity contribution in [1.82, 2.24) is 0 Å². The normalized spacial score (nSPS) is 24.5. The number of nitrogens with two attached hydrogens (primary N) is 1. The largest absolute Gasteiger partial charge is 0.481 e. The number of amides is 2. The summed E-state index contributed by atoms with van der Waals surface area (Å²) >= 11 is 0. The van der Waals surface area contributed by atoms with Gasteiger partial charge in [0.2, 0.25) is 5.91 Å². The number of primary amides is 1. The van der Waals surface area contributed by atoms with Gasteiger partial charge in [-0.3, -0.25) is 14.4 Å². The lowest BCUT2D eigenvalue weighted by molar-refractivity contribution is -0.145. The van der Waals surface area contributed by atoms with Crippen LogP contribution in [0.2, 0.25) is 0 Å². The van der Waals surface area contributed by atoms with E-state index in [9.17, 15) is 19.5 Å². The molecule has 1 aromatic carbocycles. The Labute approximate surface area is 122 Å². The maximum absolute atomic E-state index is 12.3. The number of para-hydroxylation sites is 1. The van der Waals surface area contributed by atoms with Crippen LogP contribution in [0.15, 0.2) is 24.3 Å². The van der Waals surface area contributed by atoms with Gasteiger partial charge in [0.15, 0.2) is 0 Å². The summed E-state index contributed by atoms with van der Waals surface area (Å²) in [5, 5.41) is 11.8. The Morgan fingerprint density at radius 1 is 1.19 bits per heavy atom. The molecule has 1 saturated carbocycles. The minimum Gasteiger partial charge on any atom is -0.481 e. The highest BCUT2D eigenvalue weighted by Crippen LogP contribution is 2.37. The third-order valence-corrected chi connectivity index (χ3v) is 3.90. The zero-order valence-electron chi connectivity index (χ0n) is 11.7. The smallest absolute Gasteiger partial charge is 0.307 e. The number of hydrogen-bond acceptors (Lipinski definition) is 3. The molecular weight excluding hydrogens is 272 g/mol. The molecule has 1 aliphatic carbocycles. The van der Waals surface area contributed by atoms with E-state index in [0.717, 1.165) is 0 Å². The van der Waals surface area contributed by atoms with Crippen LogP contribution >= 0.6 is 0 Å². The minimum atomic E-state index is -0.956. The molecule has 4 N–H and O–H groups in total. The zero-order chi connectivity index (χ0) is 15.6. The van der Waals surface area contributed by atoms with Gasteiger partial charge in [0.05, 0.1) is 23.1 Å². The summed E-state index contributed by atoms with van der Waals surface area (Å²) in [5.41, 5.74) is 5.79. The van der Waals surface area contributed by atoms with Crippen LogP contribution in [0.4, 0.5) is 5.69 Å². The predicted octanol–water partition coefficient (Wildman–Crippen LogP) is 1.47. The number of carboxylic acid groups (broad SMARTS) is 1. The summed E-state index contributed by atoms with van der Waals surface area (Å²) in [4.78, 5) is 34.9. The van der Waals surface area contributed by atoms with Gasteiger partial charge in [-0.25, -0.2) is 0 Å². The summed E-state index contributed by atoms with van der Waals surface area (Å²) in [6, 6.07) is 6.41. The van der Waals surface area contributed by atoms with Gasteiger partial charge >= 0.3 is 5.97 Å². The van der Waals surface area contributed by atoms with Gasteiger partial charge in [0, 0.05) is 0 Å². The average molecular weight is 290 g/mol. The minimum absolute atomic E-state index is 0.188. The Morgan fingerprint density at radius 2 is 1.81 bits per heavy atom. The quantitative estimate of drug-likeness (QED) is 0.780. The lowest BCUT2D eigenvalue weighted by Crippen LogP contribution is -2.30. The van der Waals surface area contributed by atoms with Crippen LogP contribution in [-0.4, -0.2) is 22.9 Å². The number of benzene rings is 1. The van der Waals surface area contributed by atoms with Gasteiger partial charge in [0.1, 0.15) is 0 Å². The number of nitrogens with one attached hydrogen (secondary N) is 1. The van der Waals surface area contributed by atoms with E-state index in [2.05, 4.69) is 5.32 Å². The van der Waals surface area contributed by atoms with Crippen molar-refractivity contribution in [3.8, 4) is 0 Å². The molecule has 6 heteroatoms. The Bertz CT molecular complexity index is 585. The molecule has 2 rings (SSSR count). The van der Waals surface area contributed by atoms with Crippen molar-refractivity contribution in [2.75, 3.05) is 5.32 Å². The maximum atomic E-state index is 12.3. The molecule has 0 aromatic heterocycles. The number of hydrogen-bond donors (Lipinski definition) is 3. The van der Waals surface area contributed by atoms with Crippen LogP contribution in [0.1, 0.15) is 30.1 Å². The highest BCUT2D eigenvalue weighted by Gasteiger charge is 2.41. The number of aliphatic carboxylic acids is 1. The van der Waals surface area contributed by atoms with Gasteiger partial charge in [0.25, 0.3) is 5.91 Å². The van der Waals surface area contributed by atoms with E-state index in [1.165, 1.54) is 6.07 Å². The molecule has 1 unspecified atom stereocenters. The number of carbonyl (C=O) groups is 3. The zero-order valence-corrected chi connectivity index (χ0v) is 11.7. The fraction of sp³-hybridized carbons (Fsp3) is 0.400. The van der Waals surface area contributed by atoms with Gasteiger partial charge in [-0.05, 0) is 30.9 Å². The molecule has 0 bridgehead atoms. The molecule has 112 valence electrons. The van der Waals surface area contributed by atoms with E-state index in [0.29, 0.717) is 18.5 Å². The van der Waals surface area contributed by atoms with Crippen molar-refractivity contribution in [2.24, 2.45) is 23.5 Å². The molecule has 0 radical (unpaired) electrons. The van der Waals surface area contributed by atoms with E-state index in [-0.39, 0.29) is 17.4 Å². The Hall–Kier alpha value is -2.37. The summed E-state index contributed by atoms with van der Waals surface area (Å²) in [5.74, 6) is -3.05. The average Bonchev–Trinajstić information content (AvgIpc) is 2.81. The van der Waals surface area contributed by atoms with Crippen molar-refractivity contribution in [3.63, 3.8) is 0 Å². The first-order chi connectivity index (χ1) is 9.90. The molecule has 21 heavy (non-hydrogen) atoms. The molecule has 0 aliphatic heterocycles. The molecule has 0 spiro atoms. The molecule has 1 aliphatic rings. The SMILES string of the molecule is CC1C[C@H](C(=O)Nc2ccccc2C(N)=O)[C@H](C(=O)O)C1. The van der Waals surface area contributed by atoms with E-state index >= 15 is 0 Å². The third-order valence-electron chi connectivity index (χ3n) is 3.90. The van der Waals surface area contributed by atoms with Gasteiger partial charge in [-0.2, -0.15) is 0 Å². The fourth-order valence-corrected chi connectivity index (χ4v) is 2.89. The molecule has 1 aromatic rings. The van der Waals surface area contributed by atoms with Crippen LogP contribution < -0.4 is 11.1 Å². The van der Waals surface area contributed by atoms with Gasteiger partial charge in [-0.1, -0.05) is 19.1 Å². The Balaban J connectivity index is 2.18. The molecule has 3 atom stereocenters. The molecule has 2 amide bonds. The lowest BCUT2D eigenvalue weighted by atomic mass is 9.95. The Kier molecular flexibility index (Phi) is 4.26.